The molecule has 0 aliphatic carbocycles. The van der Waals surface area contributed by atoms with Gasteiger partial charge in [0.15, 0.2) is 5.17 Å². The van der Waals surface area contributed by atoms with E-state index in [-0.39, 0.29) is 18.2 Å². The molecule has 0 bridgehead atoms. The molecule has 0 saturated carbocycles. The van der Waals surface area contributed by atoms with Crippen LogP contribution in [0.25, 0.3) is 0 Å². The molecule has 2 amide bonds. The number of nitrogens with one attached hydrogen (secondary N) is 1. The lowest BCUT2D eigenvalue weighted by atomic mass is 10.2. The van der Waals surface area contributed by atoms with Crippen molar-refractivity contribution in [1.82, 2.24) is 4.90 Å². The Morgan fingerprint density at radius 1 is 1.30 bits per heavy atom. The molecule has 1 N–H and O–H groups in total. The van der Waals surface area contributed by atoms with Crippen molar-refractivity contribution in [2.24, 2.45) is 4.99 Å². The molecule has 2 aromatic rings. The van der Waals surface area contributed by atoms with Gasteiger partial charge in [-0.25, -0.2) is 9.38 Å². The number of ether oxygens (including phenoxy) is 1. The van der Waals surface area contributed by atoms with Crippen molar-refractivity contribution in [2.75, 3.05) is 19.5 Å². The van der Waals surface area contributed by atoms with E-state index in [2.05, 4.69) is 10.3 Å². The molecular weight excluding hydrogens is 369 g/mol. The van der Waals surface area contributed by atoms with Crippen molar-refractivity contribution in [3.63, 3.8) is 0 Å². The third kappa shape index (κ3) is 4.65. The first-order chi connectivity index (χ1) is 13.0. The number of amides is 2. The Bertz CT molecular complexity index is 886. The van der Waals surface area contributed by atoms with E-state index in [1.807, 2.05) is 0 Å². The lowest BCUT2D eigenvalue weighted by molar-refractivity contribution is -0.128. The lowest BCUT2D eigenvalue weighted by Crippen LogP contribution is -2.43. The third-order valence-electron chi connectivity index (χ3n) is 3.95. The summed E-state index contributed by atoms with van der Waals surface area (Å²) in [5.41, 5.74) is 0.991. The van der Waals surface area contributed by atoms with Crippen LogP contribution in [0.3, 0.4) is 0 Å². The van der Waals surface area contributed by atoms with E-state index in [1.54, 1.807) is 44.5 Å². The maximum atomic E-state index is 13.4. The molecule has 27 heavy (non-hydrogen) atoms. The van der Waals surface area contributed by atoms with Gasteiger partial charge in [-0.3, -0.25) is 14.5 Å². The number of aliphatic imine (C=N–C) groups is 1. The highest BCUT2D eigenvalue weighted by Gasteiger charge is 2.34. The molecule has 1 heterocycles. The Labute approximate surface area is 160 Å². The fourth-order valence-corrected chi connectivity index (χ4v) is 3.52. The molecule has 1 aliphatic rings. The fourth-order valence-electron chi connectivity index (χ4n) is 2.45. The minimum absolute atomic E-state index is 0.0608. The van der Waals surface area contributed by atoms with Crippen LogP contribution in [0.4, 0.5) is 15.8 Å². The molecule has 2 aromatic carbocycles. The Morgan fingerprint density at radius 3 is 2.70 bits per heavy atom. The van der Waals surface area contributed by atoms with E-state index >= 15 is 0 Å². The van der Waals surface area contributed by atoms with Crippen LogP contribution in [0, 0.1) is 5.82 Å². The number of anilines is 1. The average Bonchev–Trinajstić information content (AvgIpc) is 2.66. The molecule has 1 atom stereocenters. The average molecular weight is 387 g/mol. The number of methoxy groups -OCH3 is 1. The molecule has 0 unspecified atom stereocenters. The Balaban J connectivity index is 1.75. The Morgan fingerprint density at radius 2 is 2.04 bits per heavy atom. The predicted molar refractivity (Wildman–Crippen MR) is 104 cm³/mol. The summed E-state index contributed by atoms with van der Waals surface area (Å²) in [5, 5.41) is 2.52. The largest absolute Gasteiger partial charge is 0.497 e. The first kappa shape index (κ1) is 18.9. The summed E-state index contributed by atoms with van der Waals surface area (Å²) >= 11 is 1.17. The number of amidine groups is 1. The van der Waals surface area contributed by atoms with Crippen LogP contribution >= 0.6 is 11.8 Å². The van der Waals surface area contributed by atoms with Gasteiger partial charge in [-0.2, -0.15) is 0 Å². The molecule has 0 spiro atoms. The van der Waals surface area contributed by atoms with Gasteiger partial charge in [-0.1, -0.05) is 17.8 Å². The summed E-state index contributed by atoms with van der Waals surface area (Å²) in [5.74, 6) is -0.251. The molecule has 1 fully saturated rings. The van der Waals surface area contributed by atoms with E-state index in [0.29, 0.717) is 22.3 Å². The molecule has 8 heteroatoms. The molecule has 0 aromatic heterocycles. The highest BCUT2D eigenvalue weighted by Crippen LogP contribution is 2.29. The number of carbonyl (C=O) groups is 2. The van der Waals surface area contributed by atoms with Gasteiger partial charge < -0.3 is 10.1 Å². The highest BCUT2D eigenvalue weighted by atomic mass is 32.2. The predicted octanol–water partition coefficient (Wildman–Crippen LogP) is 3.42. The van der Waals surface area contributed by atoms with E-state index < -0.39 is 11.1 Å². The lowest BCUT2D eigenvalue weighted by Gasteiger charge is -2.28. The summed E-state index contributed by atoms with van der Waals surface area (Å²) in [6.45, 7) is 0. The summed E-state index contributed by atoms with van der Waals surface area (Å²) in [6, 6.07) is 12.7. The van der Waals surface area contributed by atoms with Gasteiger partial charge in [0.1, 0.15) is 16.8 Å². The zero-order chi connectivity index (χ0) is 19.4. The smallest absolute Gasteiger partial charge is 0.238 e. The molecule has 1 aliphatic heterocycles. The van der Waals surface area contributed by atoms with E-state index in [4.69, 9.17) is 4.74 Å². The second-order valence-electron chi connectivity index (χ2n) is 5.86. The molecule has 6 nitrogen and oxygen atoms in total. The number of thioether (sulfide) groups is 1. The van der Waals surface area contributed by atoms with Gasteiger partial charge in [0.2, 0.25) is 11.8 Å². The van der Waals surface area contributed by atoms with Crippen molar-refractivity contribution in [2.45, 2.75) is 11.7 Å². The number of hydrogen-bond acceptors (Lipinski definition) is 5. The number of benzene rings is 2. The van der Waals surface area contributed by atoms with Crippen LogP contribution in [-0.2, 0) is 9.59 Å². The second-order valence-corrected chi connectivity index (χ2v) is 7.03. The number of nitrogens with zero attached hydrogens (tertiary/aromatic N) is 2. The van der Waals surface area contributed by atoms with Gasteiger partial charge in [-0.05, 0) is 42.5 Å². The second kappa shape index (κ2) is 8.22. The molecule has 0 radical (unpaired) electrons. The normalized spacial score (nSPS) is 18.5. The standard InChI is InChI=1S/C19H18FN3O3S/c1-23-17(24)11-16(18(25)21-13-6-8-15(26-2)9-7-13)27-19(23)22-14-5-3-4-12(20)10-14/h3-10,16H,11H2,1-2H3,(H,21,25)/t16-/m1/s1. The summed E-state index contributed by atoms with van der Waals surface area (Å²) < 4.78 is 18.5. The summed E-state index contributed by atoms with van der Waals surface area (Å²) in [6.07, 6.45) is 0.0608. The molecular formula is C19H18FN3O3S. The zero-order valence-corrected chi connectivity index (χ0v) is 15.6. The van der Waals surface area contributed by atoms with Crippen LogP contribution < -0.4 is 10.1 Å². The first-order valence-electron chi connectivity index (χ1n) is 8.18. The van der Waals surface area contributed by atoms with Gasteiger partial charge in [0.25, 0.3) is 0 Å². The topological polar surface area (TPSA) is 71.0 Å². The quantitative estimate of drug-likeness (QED) is 0.873. The van der Waals surface area contributed by atoms with Crippen molar-refractivity contribution in [3.8, 4) is 5.75 Å². The summed E-state index contributed by atoms with van der Waals surface area (Å²) in [4.78, 5) is 30.6. The molecule has 1 saturated heterocycles. The van der Waals surface area contributed by atoms with E-state index in [9.17, 15) is 14.0 Å². The monoisotopic (exact) mass is 387 g/mol. The minimum atomic E-state index is -0.622. The summed E-state index contributed by atoms with van der Waals surface area (Å²) in [7, 11) is 3.15. The van der Waals surface area contributed by atoms with E-state index in [0.717, 1.165) is 0 Å². The maximum Gasteiger partial charge on any atom is 0.238 e. The van der Waals surface area contributed by atoms with Crippen LogP contribution in [-0.4, -0.2) is 41.3 Å². The van der Waals surface area contributed by atoms with Gasteiger partial charge in [0, 0.05) is 19.2 Å². The molecule has 3 rings (SSSR count). The van der Waals surface area contributed by atoms with Crippen molar-refractivity contribution < 1.29 is 18.7 Å². The van der Waals surface area contributed by atoms with Crippen LogP contribution in [0.1, 0.15) is 6.42 Å². The molecule has 140 valence electrons. The highest BCUT2D eigenvalue weighted by molar-refractivity contribution is 8.15. The van der Waals surface area contributed by atoms with Crippen LogP contribution in [0.2, 0.25) is 0 Å². The Kier molecular flexibility index (Phi) is 5.75. The maximum absolute atomic E-state index is 13.4. The number of carbonyl (C=O) groups excluding carboxylic acids is 2. The minimum Gasteiger partial charge on any atom is -0.497 e. The number of hydrogen-bond donors (Lipinski definition) is 1. The number of rotatable bonds is 4. The van der Waals surface area contributed by atoms with Crippen molar-refractivity contribution in [1.29, 1.82) is 0 Å². The van der Waals surface area contributed by atoms with E-state index in [1.165, 1.54) is 34.9 Å². The van der Waals surface area contributed by atoms with Gasteiger partial charge >= 0.3 is 0 Å². The Hall–Kier alpha value is -2.87. The van der Waals surface area contributed by atoms with Crippen LogP contribution in [0.15, 0.2) is 53.5 Å². The van der Waals surface area contributed by atoms with Crippen molar-refractivity contribution in [3.05, 3.63) is 54.3 Å². The SMILES string of the molecule is COc1ccc(NC(=O)[C@H]2CC(=O)N(C)C(=Nc3cccc(F)c3)S2)cc1. The number of halogens is 1. The van der Waals surface area contributed by atoms with Gasteiger partial charge in [-0.15, -0.1) is 0 Å². The zero-order valence-electron chi connectivity index (χ0n) is 14.8. The fraction of sp³-hybridized carbons (Fsp3) is 0.211. The van der Waals surface area contributed by atoms with Crippen LogP contribution in [0.5, 0.6) is 5.75 Å². The van der Waals surface area contributed by atoms with Crippen molar-refractivity contribution >= 4 is 40.1 Å². The first-order valence-corrected chi connectivity index (χ1v) is 9.06. The van der Waals surface area contributed by atoms with Gasteiger partial charge in [0.05, 0.1) is 12.8 Å². The third-order valence-corrected chi connectivity index (χ3v) is 5.19.